The highest BCUT2D eigenvalue weighted by atomic mass is 32.1. The maximum absolute atomic E-state index is 12.2. The van der Waals surface area contributed by atoms with Gasteiger partial charge in [0.15, 0.2) is 0 Å². The molecular formula is C17H19N3O3S. The molecule has 1 atom stereocenters. The molecule has 3 amide bonds. The van der Waals surface area contributed by atoms with Gasteiger partial charge in [-0.25, -0.2) is 9.78 Å². The average Bonchev–Trinajstić information content (AvgIpc) is 3.15. The minimum atomic E-state index is -0.401. The Kier molecular flexibility index (Phi) is 5.10. The molecule has 126 valence electrons. The highest BCUT2D eigenvalue weighted by Crippen LogP contribution is 2.18. The van der Waals surface area contributed by atoms with Gasteiger partial charge in [-0.2, -0.15) is 0 Å². The maximum Gasteiger partial charge on any atom is 0.325 e. The number of imide groups is 1. The molecule has 7 heteroatoms. The zero-order chi connectivity index (χ0) is 16.9. The lowest BCUT2D eigenvalue weighted by molar-refractivity contribution is -0.128. The third kappa shape index (κ3) is 3.73. The van der Waals surface area contributed by atoms with E-state index in [1.54, 1.807) is 0 Å². The number of urea groups is 1. The molecule has 0 aliphatic carbocycles. The molecule has 1 fully saturated rings. The normalized spacial score (nSPS) is 17.2. The summed E-state index contributed by atoms with van der Waals surface area (Å²) < 4.78 is 5.65. The van der Waals surface area contributed by atoms with Gasteiger partial charge in [0, 0.05) is 5.38 Å². The molecule has 0 spiro atoms. The second-order valence-corrected chi connectivity index (χ2v) is 6.49. The van der Waals surface area contributed by atoms with E-state index in [4.69, 9.17) is 4.74 Å². The first kappa shape index (κ1) is 16.4. The minimum Gasteiger partial charge on any atom is -0.486 e. The number of nitrogens with zero attached hydrogens (tertiary/aromatic N) is 2. The number of amides is 3. The van der Waals surface area contributed by atoms with Gasteiger partial charge in [-0.3, -0.25) is 9.69 Å². The van der Waals surface area contributed by atoms with Gasteiger partial charge in [0.1, 0.15) is 23.4 Å². The topological polar surface area (TPSA) is 71.5 Å². The van der Waals surface area contributed by atoms with E-state index < -0.39 is 6.04 Å². The molecule has 1 aliphatic heterocycles. The van der Waals surface area contributed by atoms with Crippen molar-refractivity contribution in [1.82, 2.24) is 15.2 Å². The summed E-state index contributed by atoms with van der Waals surface area (Å²) in [5.41, 5.74) is 0.701. The molecule has 1 saturated heterocycles. The molecule has 1 aromatic heterocycles. The van der Waals surface area contributed by atoms with Crippen molar-refractivity contribution < 1.29 is 14.3 Å². The van der Waals surface area contributed by atoms with Crippen molar-refractivity contribution in [2.24, 2.45) is 0 Å². The van der Waals surface area contributed by atoms with Crippen LogP contribution >= 0.6 is 11.3 Å². The van der Waals surface area contributed by atoms with E-state index in [-0.39, 0.29) is 18.5 Å². The Morgan fingerprint density at radius 1 is 1.29 bits per heavy atom. The largest absolute Gasteiger partial charge is 0.486 e. The summed E-state index contributed by atoms with van der Waals surface area (Å²) in [7, 11) is 0. The number of hydrogen-bond donors (Lipinski definition) is 1. The number of carbonyl (C=O) groups excluding carboxylic acids is 2. The molecule has 0 radical (unpaired) electrons. The number of hydrogen-bond acceptors (Lipinski definition) is 5. The Bertz CT molecular complexity index is 717. The van der Waals surface area contributed by atoms with Crippen molar-refractivity contribution in [1.29, 1.82) is 0 Å². The van der Waals surface area contributed by atoms with Crippen LogP contribution in [-0.4, -0.2) is 27.9 Å². The van der Waals surface area contributed by atoms with Crippen LogP contribution in [0, 0.1) is 0 Å². The van der Waals surface area contributed by atoms with Gasteiger partial charge < -0.3 is 10.1 Å². The third-order valence-corrected chi connectivity index (χ3v) is 4.58. The molecular weight excluding hydrogens is 326 g/mol. The van der Waals surface area contributed by atoms with Crippen LogP contribution in [0.25, 0.3) is 0 Å². The first-order chi connectivity index (χ1) is 11.7. The number of ether oxygens (including phenoxy) is 1. The highest BCUT2D eigenvalue weighted by molar-refractivity contribution is 7.09. The van der Waals surface area contributed by atoms with Crippen LogP contribution in [-0.2, 0) is 17.9 Å². The minimum absolute atomic E-state index is 0.170. The van der Waals surface area contributed by atoms with E-state index in [2.05, 4.69) is 10.3 Å². The summed E-state index contributed by atoms with van der Waals surface area (Å²) >= 11 is 1.46. The van der Waals surface area contributed by atoms with Crippen molar-refractivity contribution in [3.8, 4) is 5.75 Å². The van der Waals surface area contributed by atoms with E-state index in [1.807, 2.05) is 42.6 Å². The van der Waals surface area contributed by atoms with Crippen LogP contribution in [0.1, 0.15) is 30.5 Å². The number of para-hydroxylation sites is 1. The number of benzene rings is 1. The van der Waals surface area contributed by atoms with Crippen molar-refractivity contribution in [3.63, 3.8) is 0 Å². The van der Waals surface area contributed by atoms with Crippen molar-refractivity contribution >= 4 is 23.3 Å². The fraction of sp³-hybridized carbons (Fsp3) is 0.353. The fourth-order valence-corrected chi connectivity index (χ4v) is 3.22. The van der Waals surface area contributed by atoms with E-state index in [0.717, 1.165) is 17.2 Å². The van der Waals surface area contributed by atoms with Crippen LogP contribution in [0.5, 0.6) is 5.75 Å². The van der Waals surface area contributed by atoms with Gasteiger partial charge in [-0.05, 0) is 18.6 Å². The summed E-state index contributed by atoms with van der Waals surface area (Å²) in [5, 5.41) is 5.39. The predicted octanol–water partition coefficient (Wildman–Crippen LogP) is 2.94. The van der Waals surface area contributed by atoms with E-state index >= 15 is 0 Å². The zero-order valence-corrected chi connectivity index (χ0v) is 14.2. The molecule has 1 N–H and O–H groups in total. The Morgan fingerprint density at radius 3 is 2.83 bits per heavy atom. The lowest BCUT2D eigenvalue weighted by Crippen LogP contribution is -2.31. The molecule has 2 aromatic rings. The summed E-state index contributed by atoms with van der Waals surface area (Å²) in [6.45, 7) is 2.56. The van der Waals surface area contributed by atoms with E-state index in [1.165, 1.54) is 16.2 Å². The van der Waals surface area contributed by atoms with Crippen LogP contribution < -0.4 is 10.1 Å². The van der Waals surface area contributed by atoms with Gasteiger partial charge >= 0.3 is 6.03 Å². The van der Waals surface area contributed by atoms with Crippen molar-refractivity contribution in [2.75, 3.05) is 0 Å². The molecule has 6 nitrogen and oxygen atoms in total. The number of carbonyl (C=O) groups is 2. The molecule has 24 heavy (non-hydrogen) atoms. The van der Waals surface area contributed by atoms with Gasteiger partial charge in [-0.1, -0.05) is 31.5 Å². The van der Waals surface area contributed by atoms with Crippen molar-refractivity contribution in [2.45, 2.75) is 39.0 Å². The summed E-state index contributed by atoms with van der Waals surface area (Å²) in [6.07, 6.45) is 1.51. The quantitative estimate of drug-likeness (QED) is 0.783. The molecule has 3 rings (SSSR count). The second kappa shape index (κ2) is 7.44. The standard InChI is InChI=1S/C17H19N3O3S/c1-2-6-14-16(21)20(17(22)19-14)9-12-11-24-15(18-12)10-23-13-7-4-3-5-8-13/h3-5,7-8,11,14H,2,6,9-10H2,1H3,(H,19,22). The molecule has 1 unspecified atom stereocenters. The smallest absolute Gasteiger partial charge is 0.325 e. The van der Waals surface area contributed by atoms with Gasteiger partial charge in [0.05, 0.1) is 12.2 Å². The first-order valence-corrected chi connectivity index (χ1v) is 8.78. The van der Waals surface area contributed by atoms with Crippen LogP contribution in [0.3, 0.4) is 0 Å². The first-order valence-electron chi connectivity index (χ1n) is 7.90. The SMILES string of the molecule is CCCC1NC(=O)N(Cc2csc(COc3ccccc3)n2)C1=O. The molecule has 0 saturated carbocycles. The summed E-state index contributed by atoms with van der Waals surface area (Å²) in [5.74, 6) is 0.614. The van der Waals surface area contributed by atoms with Crippen LogP contribution in [0.4, 0.5) is 4.79 Å². The molecule has 1 aromatic carbocycles. The average molecular weight is 345 g/mol. The lowest BCUT2D eigenvalue weighted by atomic mass is 10.2. The highest BCUT2D eigenvalue weighted by Gasteiger charge is 2.37. The van der Waals surface area contributed by atoms with Crippen LogP contribution in [0.2, 0.25) is 0 Å². The number of rotatable bonds is 7. The maximum atomic E-state index is 12.2. The summed E-state index contributed by atoms with van der Waals surface area (Å²) in [6, 6.07) is 8.78. The molecule has 1 aliphatic rings. The Morgan fingerprint density at radius 2 is 2.08 bits per heavy atom. The number of nitrogens with one attached hydrogen (secondary N) is 1. The fourth-order valence-electron chi connectivity index (χ4n) is 2.52. The van der Waals surface area contributed by atoms with Crippen LogP contribution in [0.15, 0.2) is 35.7 Å². The monoisotopic (exact) mass is 345 g/mol. The summed E-state index contributed by atoms with van der Waals surface area (Å²) in [4.78, 5) is 29.8. The zero-order valence-electron chi connectivity index (χ0n) is 13.4. The molecule has 2 heterocycles. The number of aromatic nitrogens is 1. The Hall–Kier alpha value is -2.41. The number of thiazole rings is 1. The Labute approximate surface area is 144 Å². The second-order valence-electron chi connectivity index (χ2n) is 5.55. The predicted molar refractivity (Wildman–Crippen MR) is 90.7 cm³/mol. The van der Waals surface area contributed by atoms with Crippen molar-refractivity contribution in [3.05, 3.63) is 46.4 Å². The van der Waals surface area contributed by atoms with Gasteiger partial charge in [0.25, 0.3) is 5.91 Å². The lowest BCUT2D eigenvalue weighted by Gasteiger charge is -2.10. The Balaban J connectivity index is 1.58. The van der Waals surface area contributed by atoms with E-state index in [9.17, 15) is 9.59 Å². The van der Waals surface area contributed by atoms with Gasteiger partial charge in [-0.15, -0.1) is 11.3 Å². The van der Waals surface area contributed by atoms with Gasteiger partial charge in [0.2, 0.25) is 0 Å². The van der Waals surface area contributed by atoms with E-state index in [0.29, 0.717) is 18.7 Å². The third-order valence-electron chi connectivity index (χ3n) is 3.71. The molecule has 0 bridgehead atoms.